The van der Waals surface area contributed by atoms with Crippen molar-refractivity contribution in [3.8, 4) is 0 Å². The van der Waals surface area contributed by atoms with E-state index in [0.29, 0.717) is 29.1 Å². The van der Waals surface area contributed by atoms with Crippen molar-refractivity contribution in [3.63, 3.8) is 0 Å². The molecule has 1 heterocycles. The van der Waals surface area contributed by atoms with E-state index in [2.05, 4.69) is 0 Å². The first-order valence-electron chi connectivity index (χ1n) is 7.88. The largest absolute Gasteiger partial charge is 0.481 e. The van der Waals surface area contributed by atoms with Gasteiger partial charge in [-0.2, -0.15) is 0 Å². The zero-order valence-corrected chi connectivity index (χ0v) is 14.1. The highest BCUT2D eigenvalue weighted by Gasteiger charge is 2.32. The first-order chi connectivity index (χ1) is 12.0. The molecule has 1 saturated heterocycles. The summed E-state index contributed by atoms with van der Waals surface area (Å²) in [7, 11) is 0. The maximum absolute atomic E-state index is 12.8. The summed E-state index contributed by atoms with van der Waals surface area (Å²) < 4.78 is 0. The molecule has 2 aromatic carbocycles. The third-order valence-electron chi connectivity index (χ3n) is 4.33. The molecule has 2 aromatic rings. The second-order valence-electron chi connectivity index (χ2n) is 5.96. The molecule has 0 unspecified atom stereocenters. The second kappa shape index (κ2) is 7.07. The van der Waals surface area contributed by atoms with Crippen LogP contribution in [0.2, 0.25) is 5.02 Å². The first kappa shape index (κ1) is 17.2. The maximum Gasteiger partial charge on any atom is 0.308 e. The predicted molar refractivity (Wildman–Crippen MR) is 93.0 cm³/mol. The Labute approximate surface area is 149 Å². The number of ketones is 1. The molecule has 3 rings (SSSR count). The number of hydrogen-bond donors (Lipinski definition) is 1. The molecule has 1 fully saturated rings. The molecule has 1 atom stereocenters. The minimum Gasteiger partial charge on any atom is -0.481 e. The number of hydrogen-bond acceptors (Lipinski definition) is 3. The fraction of sp³-hybridized carbons (Fsp3) is 0.211. The summed E-state index contributed by atoms with van der Waals surface area (Å²) in [6.07, 6.45) is 0.425. The van der Waals surface area contributed by atoms with Gasteiger partial charge in [0.1, 0.15) is 0 Å². The van der Waals surface area contributed by atoms with E-state index in [4.69, 9.17) is 16.7 Å². The molecule has 0 bridgehead atoms. The third-order valence-corrected chi connectivity index (χ3v) is 4.59. The van der Waals surface area contributed by atoms with Crippen molar-refractivity contribution in [2.75, 3.05) is 13.1 Å². The average Bonchev–Trinajstić information content (AvgIpc) is 3.11. The Kier molecular flexibility index (Phi) is 4.86. The average molecular weight is 358 g/mol. The van der Waals surface area contributed by atoms with Gasteiger partial charge in [-0.15, -0.1) is 0 Å². The fourth-order valence-corrected chi connectivity index (χ4v) is 3.07. The molecule has 1 aliphatic heterocycles. The molecular formula is C19H16ClNO4. The van der Waals surface area contributed by atoms with E-state index in [0.717, 1.165) is 0 Å². The molecule has 0 saturated carbocycles. The monoisotopic (exact) mass is 357 g/mol. The molecule has 6 heteroatoms. The predicted octanol–water partition coefficient (Wildman–Crippen LogP) is 3.12. The third kappa shape index (κ3) is 3.56. The van der Waals surface area contributed by atoms with Gasteiger partial charge in [-0.05, 0) is 36.8 Å². The number of aliphatic carboxylic acids is 1. The number of benzene rings is 2. The number of carbonyl (C=O) groups is 3. The Morgan fingerprint density at radius 1 is 1.00 bits per heavy atom. The van der Waals surface area contributed by atoms with Crippen LogP contribution in [0.3, 0.4) is 0 Å². The Morgan fingerprint density at radius 2 is 1.64 bits per heavy atom. The van der Waals surface area contributed by atoms with Crippen LogP contribution in [-0.2, 0) is 4.79 Å². The number of carboxylic acids is 1. The summed E-state index contributed by atoms with van der Waals surface area (Å²) >= 11 is 5.85. The standard InChI is InChI=1S/C19H16ClNO4/c20-14-7-5-12(6-8-14)17(22)15-3-1-2-4-16(15)18(23)21-10-9-13(11-21)19(24)25/h1-8,13H,9-11H2,(H,24,25)/t13-/m1/s1. The van der Waals surface area contributed by atoms with Crippen LogP contribution < -0.4 is 0 Å². The highest BCUT2D eigenvalue weighted by molar-refractivity contribution is 6.30. The van der Waals surface area contributed by atoms with E-state index in [1.54, 1.807) is 48.5 Å². The molecule has 25 heavy (non-hydrogen) atoms. The van der Waals surface area contributed by atoms with Gasteiger partial charge in [0.25, 0.3) is 5.91 Å². The van der Waals surface area contributed by atoms with Gasteiger partial charge >= 0.3 is 5.97 Å². The molecule has 1 aliphatic rings. The van der Waals surface area contributed by atoms with Crippen LogP contribution >= 0.6 is 11.6 Å². The number of amides is 1. The topological polar surface area (TPSA) is 74.7 Å². The highest BCUT2D eigenvalue weighted by atomic mass is 35.5. The van der Waals surface area contributed by atoms with Crippen molar-refractivity contribution >= 4 is 29.3 Å². The number of halogens is 1. The molecular weight excluding hydrogens is 342 g/mol. The van der Waals surface area contributed by atoms with E-state index in [9.17, 15) is 14.4 Å². The molecule has 0 aliphatic carbocycles. The summed E-state index contributed by atoms with van der Waals surface area (Å²) in [6, 6.07) is 13.1. The van der Waals surface area contributed by atoms with Crippen molar-refractivity contribution in [3.05, 3.63) is 70.2 Å². The summed E-state index contributed by atoms with van der Waals surface area (Å²) in [6.45, 7) is 0.539. The quantitative estimate of drug-likeness (QED) is 0.853. The lowest BCUT2D eigenvalue weighted by Crippen LogP contribution is -2.31. The Hall–Kier alpha value is -2.66. The summed E-state index contributed by atoms with van der Waals surface area (Å²) in [5.41, 5.74) is 1.02. The van der Waals surface area contributed by atoms with Gasteiger partial charge in [0.05, 0.1) is 11.5 Å². The Morgan fingerprint density at radius 3 is 2.24 bits per heavy atom. The lowest BCUT2D eigenvalue weighted by Gasteiger charge is -2.17. The van der Waals surface area contributed by atoms with E-state index in [1.807, 2.05) is 0 Å². The number of rotatable bonds is 4. The molecule has 5 nitrogen and oxygen atoms in total. The van der Waals surface area contributed by atoms with E-state index in [1.165, 1.54) is 4.90 Å². The van der Waals surface area contributed by atoms with Crippen LogP contribution in [0, 0.1) is 5.92 Å². The second-order valence-corrected chi connectivity index (χ2v) is 6.39. The van der Waals surface area contributed by atoms with Crippen molar-refractivity contribution < 1.29 is 19.5 Å². The smallest absolute Gasteiger partial charge is 0.308 e. The molecule has 1 N–H and O–H groups in total. The maximum atomic E-state index is 12.8. The molecule has 1 amide bonds. The summed E-state index contributed by atoms with van der Waals surface area (Å²) in [5, 5.41) is 9.62. The minimum atomic E-state index is -0.902. The zero-order valence-electron chi connectivity index (χ0n) is 13.3. The molecule has 0 radical (unpaired) electrons. The Bertz CT molecular complexity index is 832. The van der Waals surface area contributed by atoms with Crippen LogP contribution in [0.4, 0.5) is 0 Å². The van der Waals surface area contributed by atoms with Gasteiger partial charge in [-0.25, -0.2) is 0 Å². The van der Waals surface area contributed by atoms with Crippen molar-refractivity contribution in [2.24, 2.45) is 5.92 Å². The van der Waals surface area contributed by atoms with Crippen molar-refractivity contribution in [1.82, 2.24) is 4.90 Å². The summed E-state index contributed by atoms with van der Waals surface area (Å²) in [5.74, 6) is -2.04. The van der Waals surface area contributed by atoms with Gasteiger partial charge in [0.2, 0.25) is 0 Å². The Balaban J connectivity index is 1.88. The van der Waals surface area contributed by atoms with Gasteiger partial charge in [0.15, 0.2) is 5.78 Å². The van der Waals surface area contributed by atoms with E-state index in [-0.39, 0.29) is 23.8 Å². The van der Waals surface area contributed by atoms with Gasteiger partial charge in [-0.3, -0.25) is 14.4 Å². The van der Waals surface area contributed by atoms with E-state index >= 15 is 0 Å². The number of carboxylic acid groups (broad SMARTS) is 1. The lowest BCUT2D eigenvalue weighted by atomic mass is 9.97. The number of nitrogens with zero attached hydrogens (tertiary/aromatic N) is 1. The zero-order chi connectivity index (χ0) is 18.0. The summed E-state index contributed by atoms with van der Waals surface area (Å²) in [4.78, 5) is 38.1. The van der Waals surface area contributed by atoms with Crippen molar-refractivity contribution in [2.45, 2.75) is 6.42 Å². The van der Waals surface area contributed by atoms with Crippen LogP contribution in [0.25, 0.3) is 0 Å². The molecule has 0 spiro atoms. The SMILES string of the molecule is O=C(c1ccc(Cl)cc1)c1ccccc1C(=O)N1CC[C@@H](C(=O)O)C1. The van der Waals surface area contributed by atoms with Gasteiger partial charge in [-0.1, -0.05) is 29.8 Å². The fourth-order valence-electron chi connectivity index (χ4n) is 2.94. The van der Waals surface area contributed by atoms with Crippen LogP contribution in [-0.4, -0.2) is 40.8 Å². The first-order valence-corrected chi connectivity index (χ1v) is 8.26. The number of likely N-dealkylation sites (tertiary alicyclic amines) is 1. The highest BCUT2D eigenvalue weighted by Crippen LogP contribution is 2.22. The van der Waals surface area contributed by atoms with Crippen LogP contribution in [0.15, 0.2) is 48.5 Å². The lowest BCUT2D eigenvalue weighted by molar-refractivity contribution is -0.141. The number of carbonyl (C=O) groups excluding carboxylic acids is 2. The molecule has 128 valence electrons. The van der Waals surface area contributed by atoms with Gasteiger partial charge in [0, 0.05) is 29.2 Å². The van der Waals surface area contributed by atoms with Crippen LogP contribution in [0.1, 0.15) is 32.7 Å². The minimum absolute atomic E-state index is 0.164. The van der Waals surface area contributed by atoms with Crippen molar-refractivity contribution in [1.29, 1.82) is 0 Å². The normalized spacial score (nSPS) is 16.7. The molecule has 0 aromatic heterocycles. The van der Waals surface area contributed by atoms with E-state index < -0.39 is 11.9 Å². The van der Waals surface area contributed by atoms with Gasteiger partial charge < -0.3 is 10.0 Å². The van der Waals surface area contributed by atoms with Crippen LogP contribution in [0.5, 0.6) is 0 Å².